The monoisotopic (exact) mass is 336 g/mol. The van der Waals surface area contributed by atoms with Crippen LogP contribution in [0.5, 0.6) is 0 Å². The lowest BCUT2D eigenvalue weighted by Crippen LogP contribution is -2.22. The fourth-order valence-corrected chi connectivity index (χ4v) is 2.11. The molecule has 0 bridgehead atoms. The van der Waals surface area contributed by atoms with E-state index in [-0.39, 0.29) is 5.91 Å². The molecule has 106 valence electrons. The van der Waals surface area contributed by atoms with Crippen molar-refractivity contribution in [2.24, 2.45) is 0 Å². The minimum absolute atomic E-state index is 0.227. The Labute approximate surface area is 126 Å². The topological polar surface area (TPSA) is 54.3 Å². The molecule has 2 N–H and O–H groups in total. The van der Waals surface area contributed by atoms with Crippen molar-refractivity contribution in [1.82, 2.24) is 5.32 Å². The van der Waals surface area contributed by atoms with E-state index in [1.54, 1.807) is 6.07 Å². The van der Waals surface area contributed by atoms with E-state index in [1.807, 2.05) is 24.3 Å². The average molecular weight is 337 g/mol. The van der Waals surface area contributed by atoms with Gasteiger partial charge in [0.15, 0.2) is 0 Å². The van der Waals surface area contributed by atoms with Gasteiger partial charge in [-0.05, 0) is 46.1 Å². The minimum Gasteiger partial charge on any atom is -0.458 e. The van der Waals surface area contributed by atoms with Crippen molar-refractivity contribution >= 4 is 27.5 Å². The molecule has 0 atom stereocenters. The molecule has 0 aliphatic heterocycles. The van der Waals surface area contributed by atoms with E-state index in [4.69, 9.17) is 4.42 Å². The van der Waals surface area contributed by atoms with Crippen LogP contribution in [0.4, 0.5) is 5.69 Å². The number of furan rings is 1. The summed E-state index contributed by atoms with van der Waals surface area (Å²) in [5.41, 5.74) is 2.14. The van der Waals surface area contributed by atoms with Gasteiger partial charge in [-0.15, -0.1) is 0 Å². The van der Waals surface area contributed by atoms with Crippen molar-refractivity contribution < 1.29 is 9.21 Å². The quantitative estimate of drug-likeness (QED) is 0.843. The van der Waals surface area contributed by atoms with Crippen LogP contribution in [0.1, 0.15) is 29.5 Å². The van der Waals surface area contributed by atoms with Gasteiger partial charge in [0.1, 0.15) is 0 Å². The molecular formula is C15H17BrN2O2. The van der Waals surface area contributed by atoms with Gasteiger partial charge in [-0.3, -0.25) is 4.79 Å². The number of hydrogen-bond acceptors (Lipinski definition) is 3. The first-order valence-electron chi connectivity index (χ1n) is 6.54. The number of carbonyl (C=O) groups excluding carboxylic acids is 1. The summed E-state index contributed by atoms with van der Waals surface area (Å²) in [6.07, 6.45) is 2.57. The molecule has 0 saturated heterocycles. The van der Waals surface area contributed by atoms with Gasteiger partial charge >= 0.3 is 0 Å². The van der Waals surface area contributed by atoms with Crippen molar-refractivity contribution in [2.75, 3.05) is 11.9 Å². The van der Waals surface area contributed by atoms with E-state index >= 15 is 0 Å². The summed E-state index contributed by atoms with van der Waals surface area (Å²) in [6, 6.07) is 9.72. The number of benzene rings is 1. The second kappa shape index (κ2) is 7.14. The average Bonchev–Trinajstić information content (AvgIpc) is 2.90. The van der Waals surface area contributed by atoms with Gasteiger partial charge in [-0.2, -0.15) is 0 Å². The highest BCUT2D eigenvalue weighted by atomic mass is 79.9. The van der Waals surface area contributed by atoms with Gasteiger partial charge in [-0.1, -0.05) is 19.1 Å². The highest BCUT2D eigenvalue weighted by Gasteiger charge is 2.12. The van der Waals surface area contributed by atoms with E-state index in [0.29, 0.717) is 16.8 Å². The smallest absolute Gasteiger partial charge is 0.288 e. The van der Waals surface area contributed by atoms with Crippen LogP contribution < -0.4 is 10.6 Å². The molecule has 1 heterocycles. The van der Waals surface area contributed by atoms with Crippen molar-refractivity contribution in [3.8, 4) is 0 Å². The SMILES string of the molecule is CCCNc1ccc(CNC(=O)c2occc2Br)cc1. The standard InChI is InChI=1S/C15H17BrN2O2/c1-2-8-17-12-5-3-11(4-6-12)10-18-15(19)14-13(16)7-9-20-14/h3-7,9,17H,2,8,10H2,1H3,(H,18,19). The van der Waals surface area contributed by atoms with Crippen molar-refractivity contribution in [3.05, 3.63) is 52.4 Å². The Balaban J connectivity index is 1.88. The second-order valence-electron chi connectivity index (χ2n) is 4.40. The maximum absolute atomic E-state index is 11.9. The number of amides is 1. The van der Waals surface area contributed by atoms with Gasteiger partial charge in [-0.25, -0.2) is 0 Å². The van der Waals surface area contributed by atoms with E-state index in [2.05, 4.69) is 33.5 Å². The molecule has 0 spiro atoms. The molecule has 20 heavy (non-hydrogen) atoms. The fraction of sp³-hybridized carbons (Fsp3) is 0.267. The van der Waals surface area contributed by atoms with Crippen LogP contribution in [-0.2, 0) is 6.54 Å². The highest BCUT2D eigenvalue weighted by Crippen LogP contribution is 2.17. The molecule has 0 saturated carbocycles. The summed E-state index contributed by atoms with van der Waals surface area (Å²) in [5, 5.41) is 6.13. The summed E-state index contributed by atoms with van der Waals surface area (Å²) >= 11 is 3.26. The Kier molecular flexibility index (Phi) is 5.24. The predicted octanol–water partition coefficient (Wildman–Crippen LogP) is 3.79. The Morgan fingerprint density at radius 3 is 2.60 bits per heavy atom. The molecule has 0 radical (unpaired) electrons. The van der Waals surface area contributed by atoms with Crippen molar-refractivity contribution in [1.29, 1.82) is 0 Å². The summed E-state index contributed by atoms with van der Waals surface area (Å²) in [7, 11) is 0. The molecule has 0 unspecified atom stereocenters. The number of rotatable bonds is 6. The van der Waals surface area contributed by atoms with Gasteiger partial charge in [0.2, 0.25) is 5.76 Å². The maximum Gasteiger partial charge on any atom is 0.288 e. The summed E-state index contributed by atoms with van der Waals surface area (Å²) in [6.45, 7) is 3.56. The van der Waals surface area contributed by atoms with Crippen LogP contribution in [0.15, 0.2) is 45.5 Å². The predicted molar refractivity (Wildman–Crippen MR) is 82.8 cm³/mol. The third-order valence-corrected chi connectivity index (χ3v) is 3.43. The largest absolute Gasteiger partial charge is 0.458 e. The van der Waals surface area contributed by atoms with Crippen LogP contribution in [0.3, 0.4) is 0 Å². The normalized spacial score (nSPS) is 10.3. The lowest BCUT2D eigenvalue weighted by atomic mass is 10.2. The van der Waals surface area contributed by atoms with Gasteiger partial charge in [0.25, 0.3) is 5.91 Å². The van der Waals surface area contributed by atoms with Crippen LogP contribution in [0.25, 0.3) is 0 Å². The van der Waals surface area contributed by atoms with E-state index in [1.165, 1.54) is 6.26 Å². The first-order chi connectivity index (χ1) is 9.70. The number of carbonyl (C=O) groups is 1. The summed E-state index contributed by atoms with van der Waals surface area (Å²) in [4.78, 5) is 11.9. The van der Waals surface area contributed by atoms with Crippen LogP contribution in [0, 0.1) is 0 Å². The molecule has 2 rings (SSSR count). The molecule has 1 amide bonds. The van der Waals surface area contributed by atoms with Crippen LogP contribution >= 0.6 is 15.9 Å². The molecule has 1 aromatic carbocycles. The van der Waals surface area contributed by atoms with Gasteiger partial charge in [0, 0.05) is 18.8 Å². The molecule has 4 nitrogen and oxygen atoms in total. The number of halogens is 1. The molecule has 0 aliphatic carbocycles. The first-order valence-corrected chi connectivity index (χ1v) is 7.34. The Morgan fingerprint density at radius 2 is 2.00 bits per heavy atom. The Bertz CT molecular complexity index is 564. The third-order valence-electron chi connectivity index (χ3n) is 2.81. The molecule has 0 fully saturated rings. The molecule has 1 aromatic heterocycles. The summed E-state index contributed by atoms with van der Waals surface area (Å²) < 4.78 is 5.77. The Morgan fingerprint density at radius 1 is 1.25 bits per heavy atom. The minimum atomic E-state index is -0.227. The van der Waals surface area contributed by atoms with E-state index in [0.717, 1.165) is 24.2 Å². The molecule has 2 aromatic rings. The van der Waals surface area contributed by atoms with Gasteiger partial charge < -0.3 is 15.1 Å². The lowest BCUT2D eigenvalue weighted by molar-refractivity contribution is 0.0922. The van der Waals surface area contributed by atoms with E-state index < -0.39 is 0 Å². The second-order valence-corrected chi connectivity index (χ2v) is 5.26. The highest BCUT2D eigenvalue weighted by molar-refractivity contribution is 9.10. The molecule has 0 aliphatic rings. The molecular weight excluding hydrogens is 320 g/mol. The van der Waals surface area contributed by atoms with Crippen LogP contribution in [-0.4, -0.2) is 12.5 Å². The summed E-state index contributed by atoms with van der Waals surface area (Å²) in [5.74, 6) is 0.0706. The third kappa shape index (κ3) is 3.87. The zero-order valence-corrected chi connectivity index (χ0v) is 12.9. The van der Waals surface area contributed by atoms with Crippen molar-refractivity contribution in [2.45, 2.75) is 19.9 Å². The van der Waals surface area contributed by atoms with E-state index in [9.17, 15) is 4.79 Å². The lowest BCUT2D eigenvalue weighted by Gasteiger charge is -2.07. The van der Waals surface area contributed by atoms with Crippen molar-refractivity contribution in [3.63, 3.8) is 0 Å². The number of anilines is 1. The fourth-order valence-electron chi connectivity index (χ4n) is 1.73. The maximum atomic E-state index is 11.9. The number of hydrogen-bond donors (Lipinski definition) is 2. The first kappa shape index (κ1) is 14.7. The van der Waals surface area contributed by atoms with Crippen LogP contribution in [0.2, 0.25) is 0 Å². The number of nitrogens with one attached hydrogen (secondary N) is 2. The molecule has 5 heteroatoms. The zero-order valence-electron chi connectivity index (χ0n) is 11.3. The Hall–Kier alpha value is -1.75. The van der Waals surface area contributed by atoms with Gasteiger partial charge in [0.05, 0.1) is 10.7 Å². The zero-order chi connectivity index (χ0) is 14.4.